The summed E-state index contributed by atoms with van der Waals surface area (Å²) in [5.74, 6) is 0.346. The zero-order valence-electron chi connectivity index (χ0n) is 9.49. The monoisotopic (exact) mass is 223 g/mol. The Hall–Kier alpha value is -0.930. The molecule has 2 rings (SSSR count). The van der Waals surface area contributed by atoms with Crippen LogP contribution in [0.3, 0.4) is 0 Å². The van der Waals surface area contributed by atoms with Crippen molar-refractivity contribution in [2.75, 3.05) is 6.54 Å². The van der Waals surface area contributed by atoms with Crippen LogP contribution in [-0.2, 0) is 0 Å². The zero-order chi connectivity index (χ0) is 11.8. The number of hydrogen-bond donors (Lipinski definition) is 2. The highest BCUT2D eigenvalue weighted by atomic mass is 19.1. The summed E-state index contributed by atoms with van der Waals surface area (Å²) in [6.45, 7) is 2.64. The van der Waals surface area contributed by atoms with Gasteiger partial charge in [0.25, 0.3) is 0 Å². The van der Waals surface area contributed by atoms with Crippen LogP contribution in [0, 0.1) is 17.2 Å². The number of aliphatic hydroxyl groups excluding tert-OH is 1. The fraction of sp³-hybridized carbons (Fsp3) is 0.538. The number of rotatable bonds is 3. The van der Waals surface area contributed by atoms with Crippen LogP contribution >= 0.6 is 0 Å². The van der Waals surface area contributed by atoms with Crippen molar-refractivity contribution in [3.05, 3.63) is 35.6 Å². The first kappa shape index (κ1) is 11.6. The van der Waals surface area contributed by atoms with Crippen molar-refractivity contribution in [1.29, 1.82) is 0 Å². The molecular weight excluding hydrogens is 205 g/mol. The van der Waals surface area contributed by atoms with Crippen LogP contribution in [0.1, 0.15) is 31.4 Å². The maximum absolute atomic E-state index is 12.8. The van der Waals surface area contributed by atoms with Gasteiger partial charge in [0.2, 0.25) is 0 Å². The molecule has 0 amide bonds. The van der Waals surface area contributed by atoms with Gasteiger partial charge in [-0.15, -0.1) is 0 Å². The average molecular weight is 223 g/mol. The largest absolute Gasteiger partial charge is 0.388 e. The van der Waals surface area contributed by atoms with Gasteiger partial charge in [-0.3, -0.25) is 0 Å². The average Bonchev–Trinajstić information content (AvgIpc) is 2.24. The second kappa shape index (κ2) is 4.15. The van der Waals surface area contributed by atoms with Crippen molar-refractivity contribution in [3.8, 4) is 0 Å². The van der Waals surface area contributed by atoms with Gasteiger partial charge in [0.1, 0.15) is 5.82 Å². The van der Waals surface area contributed by atoms with Crippen LogP contribution in [0.25, 0.3) is 0 Å². The van der Waals surface area contributed by atoms with E-state index >= 15 is 0 Å². The second-order valence-corrected chi connectivity index (χ2v) is 5.03. The summed E-state index contributed by atoms with van der Waals surface area (Å²) < 4.78 is 12.8. The molecule has 0 radical (unpaired) electrons. The van der Waals surface area contributed by atoms with Crippen molar-refractivity contribution in [1.82, 2.24) is 0 Å². The van der Waals surface area contributed by atoms with Crippen LogP contribution < -0.4 is 5.73 Å². The molecule has 1 atom stereocenters. The van der Waals surface area contributed by atoms with E-state index in [2.05, 4.69) is 6.92 Å². The Kier molecular flexibility index (Phi) is 3.00. The Bertz CT molecular complexity index is 357. The highest BCUT2D eigenvalue weighted by Crippen LogP contribution is 2.52. The molecule has 0 unspecified atom stereocenters. The number of benzene rings is 1. The molecule has 88 valence electrons. The molecule has 3 heteroatoms. The first-order valence-corrected chi connectivity index (χ1v) is 5.71. The van der Waals surface area contributed by atoms with Gasteiger partial charge in [0.05, 0.1) is 6.10 Å². The van der Waals surface area contributed by atoms with Gasteiger partial charge in [-0.1, -0.05) is 19.1 Å². The van der Waals surface area contributed by atoms with Gasteiger partial charge in [-0.2, -0.15) is 0 Å². The molecule has 0 bridgehead atoms. The van der Waals surface area contributed by atoms with Crippen molar-refractivity contribution >= 4 is 0 Å². The van der Waals surface area contributed by atoms with E-state index in [0.29, 0.717) is 12.5 Å². The van der Waals surface area contributed by atoms with Gasteiger partial charge in [-0.25, -0.2) is 4.39 Å². The van der Waals surface area contributed by atoms with E-state index in [4.69, 9.17) is 5.73 Å². The van der Waals surface area contributed by atoms with E-state index in [1.165, 1.54) is 12.1 Å². The van der Waals surface area contributed by atoms with E-state index in [1.807, 2.05) is 0 Å². The smallest absolute Gasteiger partial charge is 0.123 e. The number of nitrogens with two attached hydrogens (primary N) is 1. The molecule has 0 aromatic heterocycles. The number of aliphatic hydroxyl groups is 1. The minimum atomic E-state index is -0.575. The van der Waals surface area contributed by atoms with Crippen LogP contribution in [-0.4, -0.2) is 11.7 Å². The van der Waals surface area contributed by atoms with Crippen LogP contribution in [0.5, 0.6) is 0 Å². The van der Waals surface area contributed by atoms with Gasteiger partial charge in [-0.05, 0) is 36.5 Å². The highest BCUT2D eigenvalue weighted by molar-refractivity contribution is 5.22. The molecule has 1 saturated carbocycles. The molecule has 0 aliphatic heterocycles. The van der Waals surface area contributed by atoms with Crippen molar-refractivity contribution < 1.29 is 9.50 Å². The number of halogens is 1. The third-order valence-electron chi connectivity index (χ3n) is 3.68. The van der Waals surface area contributed by atoms with Crippen LogP contribution in [0.4, 0.5) is 4.39 Å². The van der Waals surface area contributed by atoms with E-state index in [0.717, 1.165) is 18.4 Å². The highest BCUT2D eigenvalue weighted by Gasteiger charge is 2.46. The minimum Gasteiger partial charge on any atom is -0.388 e. The van der Waals surface area contributed by atoms with Crippen molar-refractivity contribution in [2.24, 2.45) is 17.1 Å². The predicted molar refractivity (Wildman–Crippen MR) is 61.2 cm³/mol. The Morgan fingerprint density at radius 1 is 1.44 bits per heavy atom. The maximum Gasteiger partial charge on any atom is 0.123 e. The molecule has 1 aliphatic carbocycles. The summed E-state index contributed by atoms with van der Waals surface area (Å²) in [6.07, 6.45) is 1.32. The molecule has 1 aromatic rings. The fourth-order valence-corrected chi connectivity index (χ4v) is 2.83. The summed E-state index contributed by atoms with van der Waals surface area (Å²) in [4.78, 5) is 0. The lowest BCUT2D eigenvalue weighted by Gasteiger charge is -2.49. The molecule has 0 saturated heterocycles. The lowest BCUT2D eigenvalue weighted by Crippen LogP contribution is -2.46. The number of hydrogen-bond acceptors (Lipinski definition) is 2. The third-order valence-corrected chi connectivity index (χ3v) is 3.68. The van der Waals surface area contributed by atoms with Gasteiger partial charge < -0.3 is 10.8 Å². The lowest BCUT2D eigenvalue weighted by molar-refractivity contribution is -0.0602. The molecule has 1 aliphatic rings. The molecule has 2 nitrogen and oxygen atoms in total. The Labute approximate surface area is 95.3 Å². The summed E-state index contributed by atoms with van der Waals surface area (Å²) in [5, 5.41) is 10.3. The standard InChI is InChI=1S/C13H18FNO/c1-9-6-13(7-9,8-15)12(16)10-2-4-11(14)5-3-10/h2-5,9,12,16H,6-8,15H2,1H3/t9?,12-,13?/m1/s1. The summed E-state index contributed by atoms with van der Waals surface area (Å²) >= 11 is 0. The molecule has 0 spiro atoms. The minimum absolute atomic E-state index is 0.197. The molecule has 1 aromatic carbocycles. The van der Waals surface area contributed by atoms with Crippen LogP contribution in [0.15, 0.2) is 24.3 Å². The van der Waals surface area contributed by atoms with Crippen molar-refractivity contribution in [2.45, 2.75) is 25.9 Å². The van der Waals surface area contributed by atoms with E-state index in [1.54, 1.807) is 12.1 Å². The van der Waals surface area contributed by atoms with Crippen LogP contribution in [0.2, 0.25) is 0 Å². The predicted octanol–water partition coefficient (Wildman–Crippen LogP) is 2.23. The molecule has 1 fully saturated rings. The summed E-state index contributed by atoms with van der Waals surface area (Å²) in [7, 11) is 0. The van der Waals surface area contributed by atoms with Gasteiger partial charge in [0.15, 0.2) is 0 Å². The maximum atomic E-state index is 12.8. The third kappa shape index (κ3) is 1.85. The van der Waals surface area contributed by atoms with E-state index in [-0.39, 0.29) is 11.2 Å². The quantitative estimate of drug-likeness (QED) is 0.825. The Morgan fingerprint density at radius 3 is 2.44 bits per heavy atom. The first-order chi connectivity index (χ1) is 7.57. The molecular formula is C13H18FNO. The summed E-state index contributed by atoms with van der Waals surface area (Å²) in [5.41, 5.74) is 6.33. The second-order valence-electron chi connectivity index (χ2n) is 5.03. The van der Waals surface area contributed by atoms with Gasteiger partial charge >= 0.3 is 0 Å². The summed E-state index contributed by atoms with van der Waals surface area (Å²) in [6, 6.07) is 6.04. The Balaban J connectivity index is 2.18. The fourth-order valence-electron chi connectivity index (χ4n) is 2.83. The topological polar surface area (TPSA) is 46.2 Å². The first-order valence-electron chi connectivity index (χ1n) is 5.71. The van der Waals surface area contributed by atoms with E-state index in [9.17, 15) is 9.50 Å². The Morgan fingerprint density at radius 2 is 2.00 bits per heavy atom. The molecule has 0 heterocycles. The molecule has 16 heavy (non-hydrogen) atoms. The van der Waals surface area contributed by atoms with E-state index < -0.39 is 6.10 Å². The zero-order valence-corrected chi connectivity index (χ0v) is 9.49. The normalized spacial score (nSPS) is 30.9. The SMILES string of the molecule is CC1CC(CN)([C@H](O)c2ccc(F)cc2)C1. The molecule has 3 N–H and O–H groups in total. The lowest BCUT2D eigenvalue weighted by atomic mass is 9.58. The van der Waals surface area contributed by atoms with Crippen molar-refractivity contribution in [3.63, 3.8) is 0 Å². The van der Waals surface area contributed by atoms with Gasteiger partial charge in [0, 0.05) is 12.0 Å².